The second kappa shape index (κ2) is 4.07. The Morgan fingerprint density at radius 3 is 2.00 bits per heavy atom. The highest BCUT2D eigenvalue weighted by Crippen LogP contribution is 2.19. The third kappa shape index (κ3) is 1.83. The van der Waals surface area contributed by atoms with E-state index in [2.05, 4.69) is 11.8 Å². The molecule has 3 heteroatoms. The molecule has 0 aromatic heterocycles. The number of quaternary nitrogens is 1. The summed E-state index contributed by atoms with van der Waals surface area (Å²) in [5, 5.41) is 0. The molecule has 0 unspecified atom stereocenters. The number of halogens is 1. The van der Waals surface area contributed by atoms with Crippen molar-refractivity contribution in [1.29, 1.82) is 0 Å². The summed E-state index contributed by atoms with van der Waals surface area (Å²) in [6.07, 6.45) is 1.36. The summed E-state index contributed by atoms with van der Waals surface area (Å²) < 4.78 is 1.44. The Morgan fingerprint density at radius 2 is 1.58 bits per heavy atom. The first-order chi connectivity index (χ1) is 5.35. The maximum absolute atomic E-state index is 2.61. The van der Waals surface area contributed by atoms with Gasteiger partial charge >= 0.3 is 0 Å². The first kappa shape index (κ1) is 10.5. The number of hydrogen-bond acceptors (Lipinski definition) is 1. The van der Waals surface area contributed by atoms with Gasteiger partial charge in [0.1, 0.15) is 0 Å². The molecule has 3 heterocycles. The lowest BCUT2D eigenvalue weighted by molar-refractivity contribution is -0.941. The second-order valence-electron chi connectivity index (χ2n) is 4.08. The Morgan fingerprint density at radius 1 is 1.08 bits per heavy atom. The summed E-state index contributed by atoms with van der Waals surface area (Å²) in [4.78, 5) is 2.61. The minimum absolute atomic E-state index is 0. The van der Waals surface area contributed by atoms with Crippen LogP contribution in [0.1, 0.15) is 13.3 Å². The van der Waals surface area contributed by atoms with Gasteiger partial charge in [0.15, 0.2) is 0 Å². The Balaban J connectivity index is 0.000000720. The summed E-state index contributed by atoms with van der Waals surface area (Å²) in [5.74, 6) is 0. The first-order valence-corrected chi connectivity index (χ1v) is 4.92. The number of nitrogens with zero attached hydrogens (tertiary/aromatic N) is 2. The highest BCUT2D eigenvalue weighted by Gasteiger charge is 2.37. The van der Waals surface area contributed by atoms with E-state index in [0.29, 0.717) is 0 Å². The highest BCUT2D eigenvalue weighted by molar-refractivity contribution is 4.70. The van der Waals surface area contributed by atoms with Crippen LogP contribution >= 0.6 is 0 Å². The Kier molecular flexibility index (Phi) is 3.56. The van der Waals surface area contributed by atoms with Crippen LogP contribution < -0.4 is 17.0 Å². The monoisotopic (exact) mass is 234 g/mol. The topological polar surface area (TPSA) is 3.24 Å². The Labute approximate surface area is 85.9 Å². The molecule has 3 fully saturated rings. The largest absolute Gasteiger partial charge is 1.00 e. The van der Waals surface area contributed by atoms with E-state index >= 15 is 0 Å². The number of hydrogen-bond donors (Lipinski definition) is 0. The molecule has 0 spiro atoms. The number of piperazine rings is 3. The minimum Gasteiger partial charge on any atom is -1.00 e. The van der Waals surface area contributed by atoms with Gasteiger partial charge in [-0.3, -0.25) is 4.90 Å². The zero-order chi connectivity index (χ0) is 7.73. The van der Waals surface area contributed by atoms with Gasteiger partial charge < -0.3 is 21.5 Å². The molecule has 2 nitrogen and oxygen atoms in total. The third-order valence-electron chi connectivity index (χ3n) is 3.37. The number of fused-ring (bicyclic) bond motifs is 3. The van der Waals surface area contributed by atoms with Gasteiger partial charge in [0.2, 0.25) is 0 Å². The fourth-order valence-electron chi connectivity index (χ4n) is 2.54. The molecule has 0 aliphatic carbocycles. The minimum atomic E-state index is 0. The molecule has 12 heavy (non-hydrogen) atoms. The van der Waals surface area contributed by atoms with Gasteiger partial charge in [-0.2, -0.15) is 0 Å². The van der Waals surface area contributed by atoms with E-state index in [1.165, 1.54) is 56.7 Å². The van der Waals surface area contributed by atoms with Crippen LogP contribution in [0.4, 0.5) is 0 Å². The molecule has 3 rings (SSSR count). The first-order valence-electron chi connectivity index (χ1n) is 4.92. The molecule has 0 aromatic rings. The second-order valence-corrected chi connectivity index (χ2v) is 4.08. The van der Waals surface area contributed by atoms with Crippen LogP contribution in [-0.2, 0) is 0 Å². The summed E-state index contributed by atoms with van der Waals surface area (Å²) in [7, 11) is 0. The van der Waals surface area contributed by atoms with Gasteiger partial charge in [0.05, 0.1) is 26.2 Å². The van der Waals surface area contributed by atoms with Gasteiger partial charge in [-0.1, -0.05) is 6.92 Å². The van der Waals surface area contributed by atoms with E-state index in [1.807, 2.05) is 0 Å². The summed E-state index contributed by atoms with van der Waals surface area (Å²) in [6.45, 7) is 12.1. The van der Waals surface area contributed by atoms with Gasteiger partial charge in [-0.25, -0.2) is 0 Å². The standard InChI is InChI=1S/C9H19N2.BrH/c1-2-6-11-7-3-10(4-8-11)5-9-11;/h2-9H2,1H3;1H/q+1;/p-1. The van der Waals surface area contributed by atoms with E-state index in [9.17, 15) is 0 Å². The van der Waals surface area contributed by atoms with Crippen LogP contribution in [-0.4, -0.2) is 55.2 Å². The normalized spacial score (nSPS) is 39.2. The molecule has 3 aliphatic rings. The molecule has 0 amide bonds. The van der Waals surface area contributed by atoms with Crippen molar-refractivity contribution in [2.75, 3.05) is 45.8 Å². The lowest BCUT2D eigenvalue weighted by atomic mass is 10.1. The lowest BCUT2D eigenvalue weighted by Crippen LogP contribution is -3.00. The zero-order valence-corrected chi connectivity index (χ0v) is 9.52. The fraction of sp³-hybridized carbons (Fsp3) is 1.00. The zero-order valence-electron chi connectivity index (χ0n) is 7.93. The summed E-state index contributed by atoms with van der Waals surface area (Å²) in [5.41, 5.74) is 0. The predicted molar refractivity (Wildman–Crippen MR) is 46.5 cm³/mol. The average Bonchev–Trinajstić information content (AvgIpc) is 2.07. The molecule has 0 saturated carbocycles. The molecule has 2 bridgehead atoms. The molecule has 72 valence electrons. The summed E-state index contributed by atoms with van der Waals surface area (Å²) >= 11 is 0. The van der Waals surface area contributed by atoms with Crippen molar-refractivity contribution in [3.8, 4) is 0 Å². The third-order valence-corrected chi connectivity index (χ3v) is 3.37. The maximum atomic E-state index is 2.61. The fourth-order valence-corrected chi connectivity index (χ4v) is 2.54. The van der Waals surface area contributed by atoms with Crippen molar-refractivity contribution >= 4 is 0 Å². The van der Waals surface area contributed by atoms with Crippen molar-refractivity contribution in [2.24, 2.45) is 0 Å². The SMILES string of the molecule is CCC[N+]12CCN(CC1)CC2.[Br-]. The highest BCUT2D eigenvalue weighted by atomic mass is 79.9. The van der Waals surface area contributed by atoms with E-state index in [4.69, 9.17) is 0 Å². The van der Waals surface area contributed by atoms with Crippen LogP contribution in [0.25, 0.3) is 0 Å². The van der Waals surface area contributed by atoms with Crippen LogP contribution in [0, 0.1) is 0 Å². The van der Waals surface area contributed by atoms with Crippen molar-refractivity contribution in [2.45, 2.75) is 13.3 Å². The predicted octanol–water partition coefficient (Wildman–Crippen LogP) is -2.45. The maximum Gasteiger partial charge on any atom is 0.0916 e. The molecular formula is C9H19BrN2. The Hall–Kier alpha value is 0.400. The van der Waals surface area contributed by atoms with Crippen molar-refractivity contribution in [3.63, 3.8) is 0 Å². The van der Waals surface area contributed by atoms with Crippen LogP contribution in [0.15, 0.2) is 0 Å². The Bertz CT molecular complexity index is 122. The summed E-state index contributed by atoms with van der Waals surface area (Å²) in [6, 6.07) is 0. The van der Waals surface area contributed by atoms with Crippen molar-refractivity contribution in [1.82, 2.24) is 4.90 Å². The van der Waals surface area contributed by atoms with Crippen LogP contribution in [0.3, 0.4) is 0 Å². The van der Waals surface area contributed by atoms with E-state index in [0.717, 1.165) is 0 Å². The molecule has 0 N–H and O–H groups in total. The van der Waals surface area contributed by atoms with Gasteiger partial charge in [-0.05, 0) is 6.42 Å². The molecule has 3 saturated heterocycles. The van der Waals surface area contributed by atoms with Gasteiger partial charge in [-0.15, -0.1) is 0 Å². The van der Waals surface area contributed by atoms with Crippen molar-refractivity contribution < 1.29 is 21.5 Å². The average molecular weight is 235 g/mol. The molecule has 0 radical (unpaired) electrons. The van der Waals surface area contributed by atoms with Gasteiger partial charge in [0.25, 0.3) is 0 Å². The lowest BCUT2D eigenvalue weighted by Gasteiger charge is -2.50. The number of rotatable bonds is 2. The molecular weight excluding hydrogens is 216 g/mol. The van der Waals surface area contributed by atoms with E-state index < -0.39 is 0 Å². The van der Waals surface area contributed by atoms with Crippen LogP contribution in [0.5, 0.6) is 0 Å². The van der Waals surface area contributed by atoms with Crippen LogP contribution in [0.2, 0.25) is 0 Å². The molecule has 0 atom stereocenters. The smallest absolute Gasteiger partial charge is 0.0916 e. The van der Waals surface area contributed by atoms with Gasteiger partial charge in [0, 0.05) is 19.6 Å². The van der Waals surface area contributed by atoms with E-state index in [1.54, 1.807) is 0 Å². The van der Waals surface area contributed by atoms with E-state index in [-0.39, 0.29) is 17.0 Å². The molecule has 0 aromatic carbocycles. The quantitative estimate of drug-likeness (QED) is 0.480. The molecule has 3 aliphatic heterocycles. The van der Waals surface area contributed by atoms with Crippen molar-refractivity contribution in [3.05, 3.63) is 0 Å².